The van der Waals surface area contributed by atoms with E-state index in [0.717, 1.165) is 11.5 Å². The first-order chi connectivity index (χ1) is 12.1. The Balaban J connectivity index is 1.54. The van der Waals surface area contributed by atoms with E-state index in [4.69, 9.17) is 0 Å². The van der Waals surface area contributed by atoms with E-state index in [9.17, 15) is 4.79 Å². The fraction of sp³-hybridized carbons (Fsp3) is 0.632. The Labute approximate surface area is 148 Å². The van der Waals surface area contributed by atoms with Crippen LogP contribution in [0.25, 0.3) is 0 Å². The van der Waals surface area contributed by atoms with Gasteiger partial charge in [-0.1, -0.05) is 0 Å². The van der Waals surface area contributed by atoms with Gasteiger partial charge in [0.25, 0.3) is 5.91 Å². The van der Waals surface area contributed by atoms with Gasteiger partial charge in [0.1, 0.15) is 11.5 Å². The molecule has 6 heteroatoms. The second-order valence-electron chi connectivity index (χ2n) is 7.74. The highest BCUT2D eigenvalue weighted by molar-refractivity contribution is 5.92. The van der Waals surface area contributed by atoms with Gasteiger partial charge >= 0.3 is 0 Å². The molecule has 2 aliphatic rings. The molecular formula is C19H27N5O. The third-order valence-corrected chi connectivity index (χ3v) is 6.11. The van der Waals surface area contributed by atoms with Crippen LogP contribution in [0.4, 0.5) is 0 Å². The lowest BCUT2D eigenvalue weighted by atomic mass is 9.76. The smallest absolute Gasteiger partial charge is 0.270 e. The molecule has 1 spiro atoms. The van der Waals surface area contributed by atoms with Crippen molar-refractivity contribution in [2.45, 2.75) is 65.0 Å². The number of carbonyl (C=O) groups is 1. The summed E-state index contributed by atoms with van der Waals surface area (Å²) in [6.45, 7) is 4.64. The molecule has 2 heterocycles. The van der Waals surface area contributed by atoms with Gasteiger partial charge < -0.3 is 10.3 Å². The lowest BCUT2D eigenvalue weighted by molar-refractivity contribution is 0.0892. The van der Waals surface area contributed by atoms with E-state index in [1.165, 1.54) is 38.5 Å². The molecule has 4 rings (SSSR count). The lowest BCUT2D eigenvalue weighted by Gasteiger charge is -2.34. The van der Waals surface area contributed by atoms with Crippen LogP contribution in [0, 0.1) is 18.3 Å². The maximum Gasteiger partial charge on any atom is 0.270 e. The summed E-state index contributed by atoms with van der Waals surface area (Å²) in [5, 5.41) is 7.49. The molecule has 2 N–H and O–H groups in total. The monoisotopic (exact) mass is 341 g/mol. The van der Waals surface area contributed by atoms with Crippen molar-refractivity contribution >= 4 is 5.91 Å². The number of aryl methyl sites for hydroxylation is 2. The molecule has 0 aromatic carbocycles. The molecule has 25 heavy (non-hydrogen) atoms. The molecule has 0 radical (unpaired) electrons. The van der Waals surface area contributed by atoms with Gasteiger partial charge in [-0.2, -0.15) is 5.10 Å². The first-order valence-electron chi connectivity index (χ1n) is 9.44. The van der Waals surface area contributed by atoms with Crippen molar-refractivity contribution in [3.8, 4) is 0 Å². The fourth-order valence-electron chi connectivity index (χ4n) is 4.30. The predicted octanol–water partition coefficient (Wildman–Crippen LogP) is 3.38. The average molecular weight is 341 g/mol. The number of H-pyrrole nitrogens is 1. The van der Waals surface area contributed by atoms with Gasteiger partial charge in [0.15, 0.2) is 0 Å². The van der Waals surface area contributed by atoms with Crippen molar-refractivity contribution in [1.82, 2.24) is 25.1 Å². The van der Waals surface area contributed by atoms with E-state index in [-0.39, 0.29) is 11.9 Å². The molecule has 2 aromatic heterocycles. The van der Waals surface area contributed by atoms with E-state index in [0.29, 0.717) is 23.6 Å². The number of rotatable bonds is 5. The Morgan fingerprint density at radius 1 is 1.40 bits per heavy atom. The number of imidazole rings is 1. The number of hydrogen-bond donors (Lipinski definition) is 2. The van der Waals surface area contributed by atoms with E-state index in [1.807, 2.05) is 20.0 Å². The van der Waals surface area contributed by atoms with Crippen LogP contribution < -0.4 is 5.32 Å². The first kappa shape index (κ1) is 16.4. The number of nitrogens with one attached hydrogen (secondary N) is 2. The van der Waals surface area contributed by atoms with Crippen molar-refractivity contribution in [3.05, 3.63) is 35.7 Å². The minimum atomic E-state index is -0.0525. The van der Waals surface area contributed by atoms with E-state index < -0.39 is 0 Å². The zero-order valence-electron chi connectivity index (χ0n) is 15.1. The Morgan fingerprint density at radius 3 is 2.76 bits per heavy atom. The lowest BCUT2D eigenvalue weighted by Crippen LogP contribution is -2.36. The second-order valence-corrected chi connectivity index (χ2v) is 7.74. The molecular weight excluding hydrogens is 314 g/mol. The molecule has 1 atom stereocenters. The van der Waals surface area contributed by atoms with Crippen LogP contribution in [-0.4, -0.2) is 25.7 Å². The maximum absolute atomic E-state index is 12.9. The summed E-state index contributed by atoms with van der Waals surface area (Å²) >= 11 is 0. The summed E-state index contributed by atoms with van der Waals surface area (Å²) in [4.78, 5) is 20.5. The summed E-state index contributed by atoms with van der Waals surface area (Å²) in [6, 6.07) is 1.78. The fourth-order valence-corrected chi connectivity index (χ4v) is 4.30. The molecule has 2 aromatic rings. The van der Waals surface area contributed by atoms with Crippen molar-refractivity contribution < 1.29 is 4.79 Å². The molecule has 1 amide bonds. The zero-order chi connectivity index (χ0) is 17.4. The van der Waals surface area contributed by atoms with Crippen molar-refractivity contribution in [2.75, 3.05) is 0 Å². The minimum Gasteiger partial charge on any atom is -0.344 e. The maximum atomic E-state index is 12.9. The number of amides is 1. The third-order valence-electron chi connectivity index (χ3n) is 6.11. The highest BCUT2D eigenvalue weighted by atomic mass is 16.2. The third kappa shape index (κ3) is 3.22. The molecule has 2 fully saturated rings. The van der Waals surface area contributed by atoms with Crippen LogP contribution in [0.1, 0.15) is 73.5 Å². The van der Waals surface area contributed by atoms with Crippen molar-refractivity contribution in [2.24, 2.45) is 11.3 Å². The normalized spacial score (nSPS) is 20.6. The number of hydrogen-bond acceptors (Lipinski definition) is 3. The predicted molar refractivity (Wildman–Crippen MR) is 95.1 cm³/mol. The first-order valence-corrected chi connectivity index (χ1v) is 9.44. The molecule has 0 bridgehead atoms. The summed E-state index contributed by atoms with van der Waals surface area (Å²) in [5.74, 6) is 1.30. The van der Waals surface area contributed by atoms with Crippen LogP contribution >= 0.6 is 0 Å². The Kier molecular flexibility index (Phi) is 4.13. The van der Waals surface area contributed by atoms with Gasteiger partial charge in [-0.05, 0) is 69.8 Å². The van der Waals surface area contributed by atoms with Gasteiger partial charge in [-0.15, -0.1) is 0 Å². The van der Waals surface area contributed by atoms with E-state index in [2.05, 4.69) is 20.4 Å². The highest BCUT2D eigenvalue weighted by Gasteiger charge is 2.46. The van der Waals surface area contributed by atoms with Crippen LogP contribution in [0.5, 0.6) is 0 Å². The van der Waals surface area contributed by atoms with Gasteiger partial charge in [0.05, 0.1) is 17.9 Å². The van der Waals surface area contributed by atoms with Crippen LogP contribution in [0.15, 0.2) is 18.5 Å². The second kappa shape index (κ2) is 6.32. The van der Waals surface area contributed by atoms with Gasteiger partial charge in [0, 0.05) is 12.7 Å². The van der Waals surface area contributed by atoms with Gasteiger partial charge in [0.2, 0.25) is 0 Å². The summed E-state index contributed by atoms with van der Waals surface area (Å²) in [5.41, 5.74) is 2.29. The van der Waals surface area contributed by atoms with Gasteiger partial charge in [-0.3, -0.25) is 9.48 Å². The standard InChI is InChI=1S/C19H27N5O/c1-3-24-16(6-11-21-24)18(25)23-17(15-12-20-13(2)22-15)14-4-7-19(8-5-14)9-10-19/h6,11-12,14,17H,3-5,7-10H2,1-2H3,(H,20,22)(H,23,25). The molecule has 134 valence electrons. The SMILES string of the molecule is CCn1nccc1C(=O)NC(c1cnc(C)[nH]1)C1CCC2(CC1)CC2. The summed E-state index contributed by atoms with van der Waals surface area (Å²) < 4.78 is 1.74. The molecule has 0 saturated heterocycles. The summed E-state index contributed by atoms with van der Waals surface area (Å²) in [6.07, 6.45) is 11.3. The highest BCUT2D eigenvalue weighted by Crippen LogP contribution is 2.58. The molecule has 6 nitrogen and oxygen atoms in total. The van der Waals surface area contributed by atoms with Gasteiger partial charge in [-0.25, -0.2) is 4.98 Å². The quantitative estimate of drug-likeness (QED) is 0.875. The number of carbonyl (C=O) groups excluding carboxylic acids is 1. The molecule has 0 aliphatic heterocycles. The molecule has 1 unspecified atom stereocenters. The number of aromatic nitrogens is 4. The molecule has 2 aliphatic carbocycles. The van der Waals surface area contributed by atoms with Crippen molar-refractivity contribution in [3.63, 3.8) is 0 Å². The summed E-state index contributed by atoms with van der Waals surface area (Å²) in [7, 11) is 0. The largest absolute Gasteiger partial charge is 0.344 e. The molecule has 2 saturated carbocycles. The van der Waals surface area contributed by atoms with E-state index >= 15 is 0 Å². The average Bonchev–Trinajstić information content (AvgIpc) is 3.01. The number of nitrogens with zero attached hydrogens (tertiary/aromatic N) is 3. The Hall–Kier alpha value is -2.11. The topological polar surface area (TPSA) is 75.6 Å². The van der Waals surface area contributed by atoms with Crippen LogP contribution in [0.3, 0.4) is 0 Å². The minimum absolute atomic E-state index is 0.00925. The Morgan fingerprint density at radius 2 is 2.16 bits per heavy atom. The number of aromatic amines is 1. The Bertz CT molecular complexity index is 747. The van der Waals surface area contributed by atoms with Crippen LogP contribution in [0.2, 0.25) is 0 Å². The van der Waals surface area contributed by atoms with Crippen LogP contribution in [-0.2, 0) is 6.54 Å². The van der Waals surface area contributed by atoms with Crippen molar-refractivity contribution in [1.29, 1.82) is 0 Å². The van der Waals surface area contributed by atoms with E-state index in [1.54, 1.807) is 16.9 Å². The zero-order valence-corrected chi connectivity index (χ0v) is 15.1.